The molecule has 0 spiro atoms. The zero-order chi connectivity index (χ0) is 20.0. The van der Waals surface area contributed by atoms with Crippen molar-refractivity contribution in [3.8, 4) is 5.75 Å². The Morgan fingerprint density at radius 3 is 2.39 bits per heavy atom. The lowest BCUT2D eigenvalue weighted by Gasteiger charge is -2.29. The van der Waals surface area contributed by atoms with E-state index in [0.717, 1.165) is 24.2 Å². The standard InChI is InChI=1S/C23H28N2O3/c1-17-3-5-18(6-4-17)15-23(14-12-22(27)25-23)13-11-21(26)24-16-19-7-9-20(28-2)10-8-19/h3-10H,11-16H2,1-2H3,(H,24,26)(H,25,27)/t23-/m1/s1. The Morgan fingerprint density at radius 2 is 1.79 bits per heavy atom. The molecular weight excluding hydrogens is 352 g/mol. The van der Waals surface area contributed by atoms with Gasteiger partial charge in [0.2, 0.25) is 11.8 Å². The number of carbonyl (C=O) groups excluding carboxylic acids is 2. The zero-order valence-corrected chi connectivity index (χ0v) is 16.6. The van der Waals surface area contributed by atoms with Gasteiger partial charge >= 0.3 is 0 Å². The first-order valence-corrected chi connectivity index (χ1v) is 9.74. The van der Waals surface area contributed by atoms with Crippen LogP contribution in [0.4, 0.5) is 0 Å². The van der Waals surface area contributed by atoms with Crippen LogP contribution in [0.3, 0.4) is 0 Å². The molecule has 5 heteroatoms. The number of hydrogen-bond acceptors (Lipinski definition) is 3. The molecule has 1 atom stereocenters. The van der Waals surface area contributed by atoms with E-state index in [1.807, 2.05) is 24.3 Å². The van der Waals surface area contributed by atoms with Gasteiger partial charge in [0.15, 0.2) is 0 Å². The molecule has 0 saturated carbocycles. The van der Waals surface area contributed by atoms with Gasteiger partial charge < -0.3 is 15.4 Å². The van der Waals surface area contributed by atoms with E-state index in [9.17, 15) is 9.59 Å². The molecule has 0 bridgehead atoms. The molecule has 0 aromatic heterocycles. The Balaban J connectivity index is 1.54. The SMILES string of the molecule is COc1ccc(CNC(=O)CC[C@]2(Cc3ccc(C)cc3)CCC(=O)N2)cc1. The molecule has 2 aromatic rings. The lowest BCUT2D eigenvalue weighted by Crippen LogP contribution is -2.44. The summed E-state index contributed by atoms with van der Waals surface area (Å²) in [4.78, 5) is 24.3. The van der Waals surface area contributed by atoms with Crippen LogP contribution in [0.25, 0.3) is 0 Å². The second-order valence-corrected chi connectivity index (χ2v) is 7.62. The first kappa shape index (κ1) is 19.9. The number of rotatable bonds is 8. The van der Waals surface area contributed by atoms with Crippen LogP contribution in [-0.4, -0.2) is 24.5 Å². The maximum absolute atomic E-state index is 12.4. The first-order chi connectivity index (χ1) is 13.5. The quantitative estimate of drug-likeness (QED) is 0.738. The summed E-state index contributed by atoms with van der Waals surface area (Å²) in [7, 11) is 1.63. The number of benzene rings is 2. The molecule has 148 valence electrons. The predicted octanol–water partition coefficient (Wildman–Crippen LogP) is 3.29. The highest BCUT2D eigenvalue weighted by atomic mass is 16.5. The molecule has 2 amide bonds. The number of methoxy groups -OCH3 is 1. The van der Waals surface area contributed by atoms with Gasteiger partial charge in [-0.1, -0.05) is 42.0 Å². The van der Waals surface area contributed by atoms with Gasteiger partial charge in [-0.3, -0.25) is 9.59 Å². The highest BCUT2D eigenvalue weighted by Gasteiger charge is 2.37. The van der Waals surface area contributed by atoms with Gasteiger partial charge in [0.05, 0.1) is 7.11 Å². The van der Waals surface area contributed by atoms with E-state index in [-0.39, 0.29) is 17.4 Å². The van der Waals surface area contributed by atoms with Crippen LogP contribution < -0.4 is 15.4 Å². The average Bonchev–Trinajstić information content (AvgIpc) is 3.08. The number of nitrogens with one attached hydrogen (secondary N) is 2. The summed E-state index contributed by atoms with van der Waals surface area (Å²) in [6.45, 7) is 2.55. The molecule has 1 aliphatic heterocycles. The summed E-state index contributed by atoms with van der Waals surface area (Å²) in [5, 5.41) is 6.11. The monoisotopic (exact) mass is 380 g/mol. The Morgan fingerprint density at radius 1 is 1.11 bits per heavy atom. The predicted molar refractivity (Wildman–Crippen MR) is 109 cm³/mol. The van der Waals surface area contributed by atoms with E-state index < -0.39 is 0 Å². The Hall–Kier alpha value is -2.82. The Bertz CT molecular complexity index is 815. The third-order valence-corrected chi connectivity index (χ3v) is 5.38. The normalized spacial score (nSPS) is 18.6. The van der Waals surface area contributed by atoms with Crippen molar-refractivity contribution in [2.24, 2.45) is 0 Å². The number of hydrogen-bond donors (Lipinski definition) is 2. The van der Waals surface area contributed by atoms with Gasteiger partial charge in [-0.15, -0.1) is 0 Å². The molecule has 1 fully saturated rings. The maximum atomic E-state index is 12.4. The highest BCUT2D eigenvalue weighted by molar-refractivity contribution is 5.80. The number of aryl methyl sites for hydroxylation is 1. The van der Waals surface area contributed by atoms with Crippen molar-refractivity contribution in [3.05, 3.63) is 65.2 Å². The fourth-order valence-corrected chi connectivity index (χ4v) is 3.66. The topological polar surface area (TPSA) is 67.4 Å². The molecule has 0 aliphatic carbocycles. The van der Waals surface area contributed by atoms with Gasteiger partial charge in [-0.25, -0.2) is 0 Å². The molecular formula is C23H28N2O3. The summed E-state index contributed by atoms with van der Waals surface area (Å²) in [5.41, 5.74) is 3.10. The lowest BCUT2D eigenvalue weighted by molar-refractivity contribution is -0.122. The maximum Gasteiger partial charge on any atom is 0.220 e. The summed E-state index contributed by atoms with van der Waals surface area (Å²) in [6, 6.07) is 16.0. The minimum Gasteiger partial charge on any atom is -0.497 e. The summed E-state index contributed by atoms with van der Waals surface area (Å²) >= 11 is 0. The molecule has 5 nitrogen and oxygen atoms in total. The van der Waals surface area contributed by atoms with Gasteiger partial charge in [0.25, 0.3) is 0 Å². The zero-order valence-electron chi connectivity index (χ0n) is 16.6. The van der Waals surface area contributed by atoms with Gasteiger partial charge in [0, 0.05) is 24.9 Å². The van der Waals surface area contributed by atoms with E-state index >= 15 is 0 Å². The second-order valence-electron chi connectivity index (χ2n) is 7.62. The van der Waals surface area contributed by atoms with Crippen molar-refractivity contribution in [3.63, 3.8) is 0 Å². The van der Waals surface area contributed by atoms with Crippen LogP contribution in [0.1, 0.15) is 42.4 Å². The first-order valence-electron chi connectivity index (χ1n) is 9.74. The van der Waals surface area contributed by atoms with Gasteiger partial charge in [-0.2, -0.15) is 0 Å². The number of carbonyl (C=O) groups is 2. The van der Waals surface area contributed by atoms with Crippen LogP contribution in [0, 0.1) is 6.92 Å². The van der Waals surface area contributed by atoms with Crippen LogP contribution >= 0.6 is 0 Å². The molecule has 28 heavy (non-hydrogen) atoms. The second kappa shape index (κ2) is 8.91. The average molecular weight is 380 g/mol. The van der Waals surface area contributed by atoms with Crippen LogP contribution in [0.15, 0.2) is 48.5 Å². The van der Waals surface area contributed by atoms with E-state index in [1.165, 1.54) is 11.1 Å². The molecule has 1 aliphatic rings. The van der Waals surface area contributed by atoms with Crippen molar-refractivity contribution in [1.29, 1.82) is 0 Å². The molecule has 0 radical (unpaired) electrons. The van der Waals surface area contributed by atoms with Crippen molar-refractivity contribution < 1.29 is 14.3 Å². The Kier molecular flexibility index (Phi) is 6.34. The highest BCUT2D eigenvalue weighted by Crippen LogP contribution is 2.29. The third-order valence-electron chi connectivity index (χ3n) is 5.38. The van der Waals surface area contributed by atoms with Gasteiger partial charge in [0.1, 0.15) is 5.75 Å². The van der Waals surface area contributed by atoms with E-state index in [0.29, 0.717) is 25.8 Å². The molecule has 2 aromatic carbocycles. The lowest BCUT2D eigenvalue weighted by atomic mass is 9.84. The number of ether oxygens (including phenoxy) is 1. The molecule has 0 unspecified atom stereocenters. The van der Waals surface area contributed by atoms with Crippen LogP contribution in [0.2, 0.25) is 0 Å². The molecule has 3 rings (SSSR count). The van der Waals surface area contributed by atoms with Crippen molar-refractivity contribution in [1.82, 2.24) is 10.6 Å². The summed E-state index contributed by atoms with van der Waals surface area (Å²) in [6.07, 6.45) is 3.08. The minimum absolute atomic E-state index is 0.000230. The molecule has 1 saturated heterocycles. The van der Waals surface area contributed by atoms with Crippen LogP contribution in [0.5, 0.6) is 5.75 Å². The fraction of sp³-hybridized carbons (Fsp3) is 0.391. The summed E-state index contributed by atoms with van der Waals surface area (Å²) < 4.78 is 5.14. The van der Waals surface area contributed by atoms with Crippen molar-refractivity contribution >= 4 is 11.8 Å². The van der Waals surface area contributed by atoms with E-state index in [1.54, 1.807) is 7.11 Å². The van der Waals surface area contributed by atoms with E-state index in [4.69, 9.17) is 4.74 Å². The van der Waals surface area contributed by atoms with Crippen molar-refractivity contribution in [2.45, 2.75) is 51.1 Å². The minimum atomic E-state index is -0.330. The summed E-state index contributed by atoms with van der Waals surface area (Å²) in [5.74, 6) is 0.871. The Labute approximate surface area is 166 Å². The largest absolute Gasteiger partial charge is 0.497 e. The van der Waals surface area contributed by atoms with Crippen LogP contribution in [-0.2, 0) is 22.6 Å². The molecule has 1 heterocycles. The van der Waals surface area contributed by atoms with Crippen molar-refractivity contribution in [2.75, 3.05) is 7.11 Å². The third kappa shape index (κ3) is 5.35. The fourth-order valence-electron chi connectivity index (χ4n) is 3.66. The van der Waals surface area contributed by atoms with E-state index in [2.05, 4.69) is 41.8 Å². The smallest absolute Gasteiger partial charge is 0.220 e. The molecule has 2 N–H and O–H groups in total. The van der Waals surface area contributed by atoms with Gasteiger partial charge in [-0.05, 0) is 49.4 Å². The number of amides is 2.